The lowest BCUT2D eigenvalue weighted by atomic mass is 9.87. The van der Waals surface area contributed by atoms with E-state index < -0.39 is 10.0 Å². The van der Waals surface area contributed by atoms with Crippen LogP contribution in [0.2, 0.25) is 0 Å². The molecule has 0 amide bonds. The highest BCUT2D eigenvalue weighted by Crippen LogP contribution is 2.36. The van der Waals surface area contributed by atoms with E-state index in [-0.39, 0.29) is 0 Å². The van der Waals surface area contributed by atoms with E-state index in [1.165, 1.54) is 25.5 Å². The average Bonchev–Trinajstić information content (AvgIpc) is 2.37. The molecular weight excluding hydrogens is 212 g/mol. The van der Waals surface area contributed by atoms with Gasteiger partial charge in [0.1, 0.15) is 0 Å². The molecule has 1 aliphatic rings. The molecule has 0 aromatic carbocycles. The van der Waals surface area contributed by atoms with Crippen molar-refractivity contribution in [3.8, 4) is 0 Å². The molecule has 15 heavy (non-hydrogen) atoms. The minimum atomic E-state index is -3.04. The first-order chi connectivity index (χ1) is 6.81. The molecule has 5 heteroatoms. The van der Waals surface area contributed by atoms with E-state index in [4.69, 9.17) is 0 Å². The van der Waals surface area contributed by atoms with Gasteiger partial charge >= 0.3 is 0 Å². The number of rotatable bonds is 5. The van der Waals surface area contributed by atoms with E-state index in [2.05, 4.69) is 23.9 Å². The van der Waals surface area contributed by atoms with Crippen molar-refractivity contribution in [2.24, 2.45) is 5.41 Å². The predicted molar refractivity (Wildman–Crippen MR) is 62.3 cm³/mol. The van der Waals surface area contributed by atoms with Crippen LogP contribution in [0.15, 0.2) is 0 Å². The molecule has 1 atom stereocenters. The van der Waals surface area contributed by atoms with Crippen LogP contribution in [0.4, 0.5) is 0 Å². The quantitative estimate of drug-likeness (QED) is 0.689. The molecule has 2 N–H and O–H groups in total. The van der Waals surface area contributed by atoms with Crippen LogP contribution in [0.1, 0.15) is 33.1 Å². The monoisotopic (exact) mass is 234 g/mol. The molecule has 90 valence electrons. The zero-order chi connectivity index (χ0) is 11.5. The van der Waals surface area contributed by atoms with Gasteiger partial charge in [-0.15, -0.1) is 0 Å². The van der Waals surface area contributed by atoms with Crippen LogP contribution in [-0.4, -0.2) is 33.8 Å². The number of sulfonamides is 1. The van der Waals surface area contributed by atoms with Crippen molar-refractivity contribution in [3.05, 3.63) is 0 Å². The highest BCUT2D eigenvalue weighted by Gasteiger charge is 2.33. The van der Waals surface area contributed by atoms with Crippen molar-refractivity contribution in [2.75, 3.05) is 19.3 Å². The normalized spacial score (nSPS) is 25.7. The fourth-order valence-electron chi connectivity index (χ4n) is 2.19. The summed E-state index contributed by atoms with van der Waals surface area (Å²) in [7, 11) is -3.04. The Morgan fingerprint density at radius 3 is 2.47 bits per heavy atom. The van der Waals surface area contributed by atoms with Gasteiger partial charge in [0.15, 0.2) is 0 Å². The van der Waals surface area contributed by atoms with E-state index in [1.807, 2.05) is 0 Å². The Kier molecular flexibility index (Phi) is 4.14. The topological polar surface area (TPSA) is 58.2 Å². The largest absolute Gasteiger partial charge is 0.312 e. The lowest BCUT2D eigenvalue weighted by Gasteiger charge is -2.27. The minimum absolute atomic E-state index is 0.352. The zero-order valence-corrected chi connectivity index (χ0v) is 10.7. The molecule has 0 saturated heterocycles. The summed E-state index contributed by atoms with van der Waals surface area (Å²) in [6.07, 6.45) is 4.91. The second-order valence-corrected chi connectivity index (χ2v) is 6.89. The van der Waals surface area contributed by atoms with Crippen molar-refractivity contribution in [3.63, 3.8) is 0 Å². The smallest absolute Gasteiger partial charge is 0.208 e. The Hall–Kier alpha value is -0.130. The lowest BCUT2D eigenvalue weighted by molar-refractivity contribution is 0.285. The molecule has 0 bridgehead atoms. The standard InChI is InChI=1S/C10H22N2O2S/c1-10(2)6-4-5-9(10)11-7-8-12-15(3,13)14/h9,11-12H,4-8H2,1-3H3. The lowest BCUT2D eigenvalue weighted by Crippen LogP contribution is -2.41. The molecule has 0 spiro atoms. The Balaban J connectivity index is 2.21. The van der Waals surface area contributed by atoms with E-state index in [0.717, 1.165) is 0 Å². The van der Waals surface area contributed by atoms with Gasteiger partial charge in [0.25, 0.3) is 0 Å². The maximum absolute atomic E-state index is 10.8. The summed E-state index contributed by atoms with van der Waals surface area (Å²) in [5.74, 6) is 0. The third kappa shape index (κ3) is 4.49. The van der Waals surface area contributed by atoms with Crippen molar-refractivity contribution in [1.29, 1.82) is 0 Å². The molecule has 1 fully saturated rings. The van der Waals surface area contributed by atoms with Gasteiger partial charge in [-0.3, -0.25) is 0 Å². The summed E-state index contributed by atoms with van der Waals surface area (Å²) < 4.78 is 24.1. The van der Waals surface area contributed by atoms with Crippen molar-refractivity contribution in [1.82, 2.24) is 10.0 Å². The first-order valence-corrected chi connectivity index (χ1v) is 7.38. The van der Waals surface area contributed by atoms with Gasteiger partial charge in [-0.05, 0) is 18.3 Å². The summed E-state index contributed by atoms with van der Waals surface area (Å²) in [5.41, 5.74) is 0.352. The van der Waals surface area contributed by atoms with E-state index in [0.29, 0.717) is 24.5 Å². The number of hydrogen-bond acceptors (Lipinski definition) is 3. The van der Waals surface area contributed by atoms with Crippen LogP contribution in [0.5, 0.6) is 0 Å². The van der Waals surface area contributed by atoms with Gasteiger partial charge in [-0.2, -0.15) is 0 Å². The average molecular weight is 234 g/mol. The van der Waals surface area contributed by atoms with Gasteiger partial charge in [0, 0.05) is 19.1 Å². The molecule has 1 rings (SSSR count). The molecule has 0 aliphatic heterocycles. The maximum Gasteiger partial charge on any atom is 0.208 e. The summed E-state index contributed by atoms with van der Waals surface area (Å²) >= 11 is 0. The van der Waals surface area contributed by atoms with E-state index in [1.54, 1.807) is 0 Å². The van der Waals surface area contributed by atoms with Crippen LogP contribution in [-0.2, 0) is 10.0 Å². The molecule has 1 aliphatic carbocycles. The molecule has 4 nitrogen and oxygen atoms in total. The molecule has 0 aromatic rings. The summed E-state index contributed by atoms with van der Waals surface area (Å²) in [5, 5.41) is 3.42. The third-order valence-electron chi connectivity index (χ3n) is 3.14. The Morgan fingerprint density at radius 1 is 1.33 bits per heavy atom. The number of hydrogen-bond donors (Lipinski definition) is 2. The third-order valence-corrected chi connectivity index (χ3v) is 3.87. The van der Waals surface area contributed by atoms with Crippen molar-refractivity contribution in [2.45, 2.75) is 39.2 Å². The van der Waals surface area contributed by atoms with Crippen LogP contribution >= 0.6 is 0 Å². The Labute approximate surface area is 92.9 Å². The van der Waals surface area contributed by atoms with Crippen molar-refractivity contribution >= 4 is 10.0 Å². The first kappa shape index (κ1) is 12.9. The molecular formula is C10H22N2O2S. The van der Waals surface area contributed by atoms with Gasteiger partial charge in [0.2, 0.25) is 10.0 Å². The summed E-state index contributed by atoms with van der Waals surface area (Å²) in [6, 6.07) is 0.527. The maximum atomic E-state index is 10.8. The number of nitrogens with one attached hydrogen (secondary N) is 2. The fourth-order valence-corrected chi connectivity index (χ4v) is 2.66. The Morgan fingerprint density at radius 2 is 2.00 bits per heavy atom. The van der Waals surface area contributed by atoms with Gasteiger partial charge in [0.05, 0.1) is 6.26 Å². The predicted octanol–water partition coefficient (Wildman–Crippen LogP) is 0.704. The summed E-state index contributed by atoms with van der Waals surface area (Å²) in [4.78, 5) is 0. The minimum Gasteiger partial charge on any atom is -0.312 e. The van der Waals surface area contributed by atoms with Crippen molar-refractivity contribution < 1.29 is 8.42 Å². The van der Waals surface area contributed by atoms with Gasteiger partial charge < -0.3 is 5.32 Å². The van der Waals surface area contributed by atoms with Crippen LogP contribution < -0.4 is 10.0 Å². The Bertz CT molecular complexity index is 299. The van der Waals surface area contributed by atoms with Crippen LogP contribution in [0, 0.1) is 5.41 Å². The zero-order valence-electron chi connectivity index (χ0n) is 9.84. The fraction of sp³-hybridized carbons (Fsp3) is 1.00. The molecule has 1 saturated carbocycles. The first-order valence-electron chi connectivity index (χ1n) is 5.49. The molecule has 0 radical (unpaired) electrons. The van der Waals surface area contributed by atoms with E-state index in [9.17, 15) is 8.42 Å². The second-order valence-electron chi connectivity index (χ2n) is 5.05. The summed E-state index contributed by atoms with van der Waals surface area (Å²) in [6.45, 7) is 5.72. The molecule has 1 unspecified atom stereocenters. The highest BCUT2D eigenvalue weighted by atomic mass is 32.2. The van der Waals surface area contributed by atoms with E-state index >= 15 is 0 Å². The van der Waals surface area contributed by atoms with Gasteiger partial charge in [-0.1, -0.05) is 20.3 Å². The second kappa shape index (κ2) is 4.80. The van der Waals surface area contributed by atoms with Gasteiger partial charge in [-0.25, -0.2) is 13.1 Å². The SMILES string of the molecule is CC1(C)CCCC1NCCNS(C)(=O)=O. The van der Waals surface area contributed by atoms with Crippen LogP contribution in [0.3, 0.4) is 0 Å². The molecule has 0 heterocycles. The van der Waals surface area contributed by atoms with Crippen LogP contribution in [0.25, 0.3) is 0 Å². The molecule has 0 aromatic heterocycles. The highest BCUT2D eigenvalue weighted by molar-refractivity contribution is 7.88.